The monoisotopic (exact) mass is 400 g/mol. The molecule has 1 saturated heterocycles. The van der Waals surface area contributed by atoms with Gasteiger partial charge in [0.1, 0.15) is 0 Å². The molecule has 1 atom stereocenters. The van der Waals surface area contributed by atoms with Gasteiger partial charge in [-0.2, -0.15) is 0 Å². The van der Waals surface area contributed by atoms with Crippen molar-refractivity contribution in [2.45, 2.75) is 19.9 Å². The topological polar surface area (TPSA) is 49.3 Å². The zero-order chi connectivity index (χ0) is 20.8. The highest BCUT2D eigenvalue weighted by Crippen LogP contribution is 2.27. The number of benzene rings is 1. The van der Waals surface area contributed by atoms with E-state index >= 15 is 0 Å². The first-order valence-electron chi connectivity index (χ1n) is 10.6. The molecule has 3 heterocycles. The molecule has 0 aliphatic carbocycles. The van der Waals surface area contributed by atoms with Crippen molar-refractivity contribution in [3.05, 3.63) is 84.4 Å². The van der Waals surface area contributed by atoms with E-state index in [0.717, 1.165) is 50.3 Å². The molecular formula is C25H28N4O. The van der Waals surface area contributed by atoms with Crippen molar-refractivity contribution in [3.8, 4) is 11.1 Å². The van der Waals surface area contributed by atoms with Gasteiger partial charge in [0.2, 0.25) is 5.91 Å². The minimum Gasteiger partial charge on any atom is -0.341 e. The van der Waals surface area contributed by atoms with Gasteiger partial charge in [0.25, 0.3) is 0 Å². The average molecular weight is 401 g/mol. The van der Waals surface area contributed by atoms with Crippen molar-refractivity contribution in [2.75, 3.05) is 26.2 Å². The maximum absolute atomic E-state index is 13.3. The summed E-state index contributed by atoms with van der Waals surface area (Å²) in [5.74, 6) is 0.189. The molecule has 0 radical (unpaired) electrons. The Labute approximate surface area is 178 Å². The van der Waals surface area contributed by atoms with Crippen molar-refractivity contribution >= 4 is 5.91 Å². The molecule has 0 saturated carbocycles. The number of hydrogen-bond donors (Lipinski definition) is 0. The van der Waals surface area contributed by atoms with Gasteiger partial charge in [-0.3, -0.25) is 19.7 Å². The quantitative estimate of drug-likeness (QED) is 0.634. The van der Waals surface area contributed by atoms with Gasteiger partial charge in [0.15, 0.2) is 0 Å². The first kappa shape index (κ1) is 20.2. The highest BCUT2D eigenvalue weighted by Gasteiger charge is 2.30. The smallest absolute Gasteiger partial charge is 0.227 e. The molecule has 30 heavy (non-hydrogen) atoms. The lowest BCUT2D eigenvalue weighted by molar-refractivity contribution is -0.134. The van der Waals surface area contributed by atoms with E-state index in [0.29, 0.717) is 0 Å². The fourth-order valence-electron chi connectivity index (χ4n) is 4.24. The van der Waals surface area contributed by atoms with Gasteiger partial charge in [0, 0.05) is 63.1 Å². The lowest BCUT2D eigenvalue weighted by Crippen LogP contribution is -2.37. The predicted molar refractivity (Wildman–Crippen MR) is 119 cm³/mol. The van der Waals surface area contributed by atoms with Crippen LogP contribution in [0.2, 0.25) is 0 Å². The lowest BCUT2D eigenvalue weighted by Gasteiger charge is -2.24. The van der Waals surface area contributed by atoms with Gasteiger partial charge in [-0.25, -0.2) is 0 Å². The fourth-order valence-corrected chi connectivity index (χ4v) is 4.24. The molecule has 154 valence electrons. The van der Waals surface area contributed by atoms with Crippen molar-refractivity contribution < 1.29 is 4.79 Å². The molecule has 2 aromatic heterocycles. The SMILES string of the molecule is CCN1CCN(Cc2cccnc2)C[C@H](Cc2ccccc2-c2cccnc2)C1=O. The van der Waals surface area contributed by atoms with Crippen LogP contribution in [-0.4, -0.2) is 51.9 Å². The normalized spacial score (nSPS) is 17.7. The number of likely N-dealkylation sites (N-methyl/N-ethyl adjacent to an activating group) is 1. The number of rotatable bonds is 6. The Hall–Kier alpha value is -3.05. The van der Waals surface area contributed by atoms with E-state index in [1.165, 1.54) is 11.1 Å². The molecule has 1 aliphatic heterocycles. The zero-order valence-electron chi connectivity index (χ0n) is 17.4. The third kappa shape index (κ3) is 4.74. The molecule has 0 unspecified atom stereocenters. The van der Waals surface area contributed by atoms with E-state index in [1.54, 1.807) is 12.4 Å². The summed E-state index contributed by atoms with van der Waals surface area (Å²) in [7, 11) is 0. The Morgan fingerprint density at radius 1 is 0.967 bits per heavy atom. The van der Waals surface area contributed by atoms with Crippen LogP contribution >= 0.6 is 0 Å². The van der Waals surface area contributed by atoms with E-state index in [9.17, 15) is 4.79 Å². The summed E-state index contributed by atoms with van der Waals surface area (Å²) in [6.45, 7) is 6.05. The lowest BCUT2D eigenvalue weighted by atomic mass is 9.91. The summed E-state index contributed by atoms with van der Waals surface area (Å²) in [5, 5.41) is 0. The standard InChI is InChI=1S/C25H28N4O/c1-2-29-14-13-28(18-20-7-5-11-26-16-20)19-23(25(29)30)15-21-8-3-4-10-24(21)22-9-6-12-27-17-22/h3-12,16-17,23H,2,13-15,18-19H2,1H3/t23-/m0/s1. The number of hydrogen-bond acceptors (Lipinski definition) is 4. The maximum Gasteiger partial charge on any atom is 0.227 e. The number of nitrogens with zero attached hydrogens (tertiary/aromatic N) is 4. The third-order valence-electron chi connectivity index (χ3n) is 5.79. The van der Waals surface area contributed by atoms with Crippen molar-refractivity contribution in [1.82, 2.24) is 19.8 Å². The average Bonchev–Trinajstić information content (AvgIpc) is 2.94. The molecule has 1 amide bonds. The number of amides is 1. The summed E-state index contributed by atoms with van der Waals surface area (Å²) in [6, 6.07) is 16.5. The van der Waals surface area contributed by atoms with Crippen LogP contribution in [0.1, 0.15) is 18.1 Å². The van der Waals surface area contributed by atoms with Crippen molar-refractivity contribution in [3.63, 3.8) is 0 Å². The van der Waals surface area contributed by atoms with E-state index < -0.39 is 0 Å². The molecular weight excluding hydrogens is 372 g/mol. The number of aromatic nitrogens is 2. The van der Waals surface area contributed by atoms with E-state index in [1.807, 2.05) is 35.5 Å². The van der Waals surface area contributed by atoms with Crippen LogP contribution in [0.25, 0.3) is 11.1 Å². The largest absolute Gasteiger partial charge is 0.341 e. The number of pyridine rings is 2. The summed E-state index contributed by atoms with van der Waals surface area (Å²) < 4.78 is 0. The van der Waals surface area contributed by atoms with Crippen LogP contribution in [0.5, 0.6) is 0 Å². The number of carbonyl (C=O) groups is 1. The second-order valence-electron chi connectivity index (χ2n) is 7.81. The molecule has 1 aliphatic rings. The summed E-state index contributed by atoms with van der Waals surface area (Å²) in [4.78, 5) is 26.2. The molecule has 4 rings (SSSR count). The molecule has 1 aromatic carbocycles. The Morgan fingerprint density at radius 2 is 1.77 bits per heavy atom. The molecule has 0 spiro atoms. The number of carbonyl (C=O) groups excluding carboxylic acids is 1. The maximum atomic E-state index is 13.3. The van der Waals surface area contributed by atoms with Gasteiger partial charge < -0.3 is 4.90 Å². The summed E-state index contributed by atoms with van der Waals surface area (Å²) in [6.07, 6.45) is 8.12. The van der Waals surface area contributed by atoms with Crippen LogP contribution in [0.3, 0.4) is 0 Å². The zero-order valence-corrected chi connectivity index (χ0v) is 17.4. The predicted octanol–water partition coefficient (Wildman–Crippen LogP) is 3.67. The highest BCUT2D eigenvalue weighted by molar-refractivity contribution is 5.80. The summed E-state index contributed by atoms with van der Waals surface area (Å²) >= 11 is 0. The van der Waals surface area contributed by atoms with Gasteiger partial charge in [-0.15, -0.1) is 0 Å². The Morgan fingerprint density at radius 3 is 2.50 bits per heavy atom. The first-order chi connectivity index (χ1) is 14.7. The van der Waals surface area contributed by atoms with Crippen LogP contribution in [-0.2, 0) is 17.8 Å². The fraction of sp³-hybridized carbons (Fsp3) is 0.320. The van der Waals surface area contributed by atoms with E-state index in [-0.39, 0.29) is 11.8 Å². The molecule has 0 N–H and O–H groups in total. The molecule has 5 heteroatoms. The van der Waals surface area contributed by atoms with E-state index in [4.69, 9.17) is 0 Å². The minimum absolute atomic E-state index is 0.0676. The minimum atomic E-state index is -0.0676. The van der Waals surface area contributed by atoms with Crippen molar-refractivity contribution in [2.24, 2.45) is 5.92 Å². The van der Waals surface area contributed by atoms with Crippen molar-refractivity contribution in [1.29, 1.82) is 0 Å². The molecule has 0 bridgehead atoms. The second kappa shape index (κ2) is 9.63. The molecule has 3 aromatic rings. The summed E-state index contributed by atoms with van der Waals surface area (Å²) in [5.41, 5.74) is 4.63. The second-order valence-corrected chi connectivity index (χ2v) is 7.81. The molecule has 5 nitrogen and oxygen atoms in total. The van der Waals surface area contributed by atoms with Crippen LogP contribution in [0.15, 0.2) is 73.3 Å². The first-order valence-corrected chi connectivity index (χ1v) is 10.6. The highest BCUT2D eigenvalue weighted by atomic mass is 16.2. The Bertz CT molecular complexity index is 961. The van der Waals surface area contributed by atoms with Crippen LogP contribution in [0.4, 0.5) is 0 Å². The Kier molecular flexibility index (Phi) is 6.50. The Balaban J connectivity index is 1.59. The van der Waals surface area contributed by atoms with Gasteiger partial charge in [-0.05, 0) is 42.2 Å². The molecule has 1 fully saturated rings. The van der Waals surface area contributed by atoms with Gasteiger partial charge >= 0.3 is 0 Å². The van der Waals surface area contributed by atoms with Crippen LogP contribution < -0.4 is 0 Å². The van der Waals surface area contributed by atoms with Crippen LogP contribution in [0, 0.1) is 5.92 Å². The third-order valence-corrected chi connectivity index (χ3v) is 5.79. The van der Waals surface area contributed by atoms with Gasteiger partial charge in [0.05, 0.1) is 5.92 Å². The van der Waals surface area contributed by atoms with Gasteiger partial charge in [-0.1, -0.05) is 36.4 Å². The van der Waals surface area contributed by atoms with E-state index in [2.05, 4.69) is 52.1 Å².